The molecule has 1 unspecified atom stereocenters. The number of hydrogen-bond donors (Lipinski definition) is 2. The summed E-state index contributed by atoms with van der Waals surface area (Å²) in [5, 5.41) is 14.9. The van der Waals surface area contributed by atoms with Gasteiger partial charge in [0.05, 0.1) is 27.4 Å². The molecule has 354 valence electrons. The first-order chi connectivity index (χ1) is 32.3. The zero-order valence-corrected chi connectivity index (χ0v) is 40.3. The first-order valence-corrected chi connectivity index (χ1v) is 24.2. The average molecular weight is 931 g/mol. The number of thiocarbonyl (C=S) groups is 1. The standard InChI is InChI=1S/C53H62N4O9S/c1-8-32-29-56-24-20-36-35-18-13-14-19-39(35)54-43(36)52(48(59)63-6,28-34(30-56)42(32)66-44(67)33-16-11-10-12-17-33)38-26-37-40(27-41(38)62-5)55(4)46-51(37)22-25-57-23-15-21-50(9-2,45(51)57)47(65-31(3)58)53(46,61)49(60)64-7/h10-19,21,26-27,32,34,42,45-47,54,61H,8-9,20,22-25,28-30H2,1-7H3/t32-,34+,42+,45+,46-,47-,50-,51-,52+,53+/m1/s1. The largest absolute Gasteiger partial charge is 0.496 e. The fraction of sp³-hybridized carbons (Fsp3) is 0.509. The van der Waals surface area contributed by atoms with E-state index in [0.717, 1.165) is 58.5 Å². The van der Waals surface area contributed by atoms with Gasteiger partial charge in [0.2, 0.25) is 5.60 Å². The maximum absolute atomic E-state index is 15.8. The van der Waals surface area contributed by atoms with Gasteiger partial charge in [0.15, 0.2) is 11.2 Å². The average Bonchev–Trinajstić information content (AvgIpc) is 4.01. The van der Waals surface area contributed by atoms with Crippen molar-refractivity contribution in [3.63, 3.8) is 0 Å². The first-order valence-electron chi connectivity index (χ1n) is 23.8. The highest BCUT2D eigenvalue weighted by molar-refractivity contribution is 7.80. The molecule has 3 fully saturated rings. The van der Waals surface area contributed by atoms with Crippen LogP contribution in [0.25, 0.3) is 10.9 Å². The minimum absolute atomic E-state index is 0.105. The van der Waals surface area contributed by atoms with E-state index in [1.807, 2.05) is 67.4 Å². The van der Waals surface area contributed by atoms with E-state index in [-0.39, 0.29) is 30.4 Å². The fourth-order valence-electron chi connectivity index (χ4n) is 14.4. The number of nitrogens with zero attached hydrogens (tertiary/aromatic N) is 3. The first kappa shape index (κ1) is 45.5. The topological polar surface area (TPSA) is 143 Å². The smallest absolute Gasteiger partial charge is 0.344 e. The van der Waals surface area contributed by atoms with Gasteiger partial charge in [0.1, 0.15) is 17.3 Å². The lowest BCUT2D eigenvalue weighted by Gasteiger charge is -2.63. The molecular weight excluding hydrogens is 869 g/mol. The van der Waals surface area contributed by atoms with Gasteiger partial charge in [-0.3, -0.25) is 14.5 Å². The number of hydrogen-bond acceptors (Lipinski definition) is 13. The van der Waals surface area contributed by atoms with Crippen LogP contribution >= 0.6 is 12.2 Å². The monoisotopic (exact) mass is 930 g/mol. The summed E-state index contributed by atoms with van der Waals surface area (Å²) in [6, 6.07) is 20.8. The number of fused-ring (bicyclic) bond motifs is 6. The number of para-hydroxylation sites is 1. The predicted molar refractivity (Wildman–Crippen MR) is 257 cm³/mol. The molecule has 2 N–H and O–H groups in total. The number of carbonyl (C=O) groups excluding carboxylic acids is 3. The van der Waals surface area contributed by atoms with Crippen LogP contribution < -0.4 is 9.64 Å². The van der Waals surface area contributed by atoms with Crippen LogP contribution in [-0.4, -0.2) is 134 Å². The van der Waals surface area contributed by atoms with Gasteiger partial charge in [-0.2, -0.15) is 0 Å². The van der Waals surface area contributed by atoms with Crippen molar-refractivity contribution in [2.24, 2.45) is 17.3 Å². The molecule has 1 aliphatic carbocycles. The van der Waals surface area contributed by atoms with Gasteiger partial charge in [0.25, 0.3) is 0 Å². The maximum Gasteiger partial charge on any atom is 0.344 e. The molecule has 14 heteroatoms. The molecule has 11 atom stereocenters. The summed E-state index contributed by atoms with van der Waals surface area (Å²) >= 11 is 6.05. The Labute approximate surface area is 397 Å². The number of piperidine rings is 1. The highest BCUT2D eigenvalue weighted by Crippen LogP contribution is 2.68. The van der Waals surface area contributed by atoms with E-state index in [1.165, 1.54) is 21.1 Å². The molecule has 1 saturated carbocycles. The van der Waals surface area contributed by atoms with Gasteiger partial charge < -0.3 is 43.6 Å². The zero-order chi connectivity index (χ0) is 47.2. The molecule has 1 spiro atoms. The second-order valence-corrected chi connectivity index (χ2v) is 20.1. The Morgan fingerprint density at radius 2 is 1.66 bits per heavy atom. The molecular formula is C53H62N4O9S. The van der Waals surface area contributed by atoms with Crippen LogP contribution in [0.5, 0.6) is 5.75 Å². The Hall–Kier alpha value is -5.28. The van der Waals surface area contributed by atoms with E-state index in [1.54, 1.807) is 7.11 Å². The summed E-state index contributed by atoms with van der Waals surface area (Å²) in [4.78, 5) is 54.2. The van der Waals surface area contributed by atoms with E-state index in [0.29, 0.717) is 55.3 Å². The number of carbonyl (C=O) groups is 3. The second kappa shape index (κ2) is 16.7. The summed E-state index contributed by atoms with van der Waals surface area (Å²) in [6.07, 6.45) is 5.31. The number of nitrogens with one attached hydrogen (secondary N) is 1. The molecule has 0 radical (unpaired) electrons. The van der Waals surface area contributed by atoms with Crippen molar-refractivity contribution < 1.29 is 43.2 Å². The van der Waals surface area contributed by atoms with Crippen molar-refractivity contribution in [2.45, 2.75) is 93.6 Å². The van der Waals surface area contributed by atoms with Crippen LogP contribution in [0, 0.1) is 17.3 Å². The van der Waals surface area contributed by atoms with Gasteiger partial charge in [0, 0.05) is 108 Å². The van der Waals surface area contributed by atoms with Gasteiger partial charge in [-0.1, -0.05) is 74.5 Å². The number of methoxy groups -OCH3 is 3. The minimum Gasteiger partial charge on any atom is -0.496 e. The van der Waals surface area contributed by atoms with Crippen LogP contribution in [0.3, 0.4) is 0 Å². The van der Waals surface area contributed by atoms with Crippen LogP contribution in [0.15, 0.2) is 78.9 Å². The Kier molecular flexibility index (Phi) is 11.4. The van der Waals surface area contributed by atoms with Gasteiger partial charge >= 0.3 is 17.9 Å². The van der Waals surface area contributed by atoms with Crippen LogP contribution in [0.4, 0.5) is 5.69 Å². The van der Waals surface area contributed by atoms with Crippen molar-refractivity contribution in [3.8, 4) is 5.75 Å². The number of ether oxygens (including phenoxy) is 5. The van der Waals surface area contributed by atoms with Crippen molar-refractivity contribution in [1.29, 1.82) is 0 Å². The lowest BCUT2D eigenvalue weighted by Crippen LogP contribution is -2.81. The summed E-state index contributed by atoms with van der Waals surface area (Å²) in [5.41, 5.74) is -0.0286. The Morgan fingerprint density at radius 1 is 0.910 bits per heavy atom. The third kappa shape index (κ3) is 6.34. The molecule has 67 heavy (non-hydrogen) atoms. The Morgan fingerprint density at radius 3 is 2.36 bits per heavy atom. The molecule has 6 heterocycles. The number of aliphatic hydroxyl groups is 1. The lowest BCUT2D eigenvalue weighted by atomic mass is 9.47. The maximum atomic E-state index is 15.8. The predicted octanol–water partition coefficient (Wildman–Crippen LogP) is 6.25. The molecule has 5 aliphatic heterocycles. The van der Waals surface area contributed by atoms with Crippen molar-refractivity contribution in [3.05, 3.63) is 107 Å². The number of aromatic nitrogens is 1. The third-order valence-corrected chi connectivity index (χ3v) is 17.2. The summed E-state index contributed by atoms with van der Waals surface area (Å²) < 4.78 is 31.3. The number of likely N-dealkylation sites (N-methyl/N-ethyl adjacent to an activating group) is 1. The molecule has 10 rings (SSSR count). The summed E-state index contributed by atoms with van der Waals surface area (Å²) in [6.45, 7) is 9.06. The second-order valence-electron chi connectivity index (χ2n) is 19.7. The normalized spacial score (nSPS) is 33.8. The van der Waals surface area contributed by atoms with E-state index in [4.69, 9.17) is 35.9 Å². The molecule has 2 bridgehead atoms. The Bertz CT molecular complexity index is 2670. The van der Waals surface area contributed by atoms with E-state index < -0.39 is 51.9 Å². The zero-order valence-electron chi connectivity index (χ0n) is 39.5. The number of aromatic amines is 1. The third-order valence-electron chi connectivity index (χ3n) is 16.9. The van der Waals surface area contributed by atoms with E-state index in [2.05, 4.69) is 52.1 Å². The highest BCUT2D eigenvalue weighted by atomic mass is 32.1. The lowest BCUT2D eigenvalue weighted by molar-refractivity contribution is -0.228. The Balaban J connectivity index is 1.25. The van der Waals surface area contributed by atoms with Crippen molar-refractivity contribution in [2.75, 3.05) is 66.0 Å². The summed E-state index contributed by atoms with van der Waals surface area (Å²) in [5.74, 6) is -1.60. The van der Waals surface area contributed by atoms with Gasteiger partial charge in [-0.05, 0) is 74.1 Å². The number of rotatable bonds is 9. The number of benzene rings is 3. The van der Waals surface area contributed by atoms with Gasteiger partial charge in [-0.15, -0.1) is 0 Å². The fourth-order valence-corrected chi connectivity index (χ4v) is 14.7. The molecule has 2 saturated heterocycles. The van der Waals surface area contributed by atoms with Gasteiger partial charge in [-0.25, -0.2) is 4.79 Å². The SMILES string of the molecule is CC[C@@H]1CN2CCc3c([nH]c4ccccc34)[C@@](C(=O)OC)(c3cc4c(cc3OC)N(C)[C@H]3[C@@](O)(C(=O)OC)[C@H](OC(C)=O)[C@]5(CC)C=CCN6CC[C@]43[C@@H]65)C[C@@H](C2)[C@H]1OC(=S)c1ccccc1. The highest BCUT2D eigenvalue weighted by Gasteiger charge is 2.80. The van der Waals surface area contributed by atoms with E-state index in [9.17, 15) is 14.7 Å². The summed E-state index contributed by atoms with van der Waals surface area (Å²) in [7, 11) is 6.21. The van der Waals surface area contributed by atoms with E-state index >= 15 is 4.79 Å². The molecule has 6 aliphatic rings. The number of H-pyrrole nitrogens is 1. The minimum atomic E-state index is -2.32. The molecule has 13 nitrogen and oxygen atoms in total. The molecule has 3 aromatic carbocycles. The van der Waals surface area contributed by atoms with Crippen LogP contribution in [-0.2, 0) is 50.6 Å². The molecule has 4 aromatic rings. The van der Waals surface area contributed by atoms with Crippen LogP contribution in [0.1, 0.15) is 74.4 Å². The molecule has 1 aromatic heterocycles. The van der Waals surface area contributed by atoms with Crippen LogP contribution in [0.2, 0.25) is 0 Å². The molecule has 0 amide bonds. The van der Waals surface area contributed by atoms with Crippen molar-refractivity contribution in [1.82, 2.24) is 14.8 Å². The number of esters is 3. The number of anilines is 1. The van der Waals surface area contributed by atoms with Crippen molar-refractivity contribution >= 4 is 51.8 Å². The quantitative estimate of drug-likeness (QED) is 0.0847.